The first-order chi connectivity index (χ1) is 8.95. The van der Waals surface area contributed by atoms with Gasteiger partial charge in [0.05, 0.1) is 0 Å². The largest absolute Gasteiger partial charge is 0.480 e. The molecule has 1 aromatic carbocycles. The zero-order chi connectivity index (χ0) is 14.4. The predicted molar refractivity (Wildman–Crippen MR) is 84.4 cm³/mol. The molecule has 0 fully saturated rings. The fourth-order valence-electron chi connectivity index (χ4n) is 1.76. The molecule has 0 aliphatic rings. The summed E-state index contributed by atoms with van der Waals surface area (Å²) in [6.45, 7) is 4.64. The standard InChI is InChI=1S/C14H19Br2NO2/c1-3-4-5-13(14(18)19)17-8-10-6-11(15)9(2)12(16)7-10/h6-7,13,17H,3-5,8H2,1-2H3,(H,18,19). The van der Waals surface area contributed by atoms with Crippen molar-refractivity contribution < 1.29 is 9.90 Å². The second kappa shape index (κ2) is 8.02. The van der Waals surface area contributed by atoms with E-state index in [0.29, 0.717) is 13.0 Å². The molecule has 19 heavy (non-hydrogen) atoms. The average molecular weight is 393 g/mol. The van der Waals surface area contributed by atoms with Crippen molar-refractivity contribution in [1.29, 1.82) is 0 Å². The van der Waals surface area contributed by atoms with Gasteiger partial charge in [-0.2, -0.15) is 0 Å². The molecule has 3 nitrogen and oxygen atoms in total. The molecule has 0 spiro atoms. The van der Waals surface area contributed by atoms with Gasteiger partial charge in [0.25, 0.3) is 0 Å². The molecule has 0 saturated carbocycles. The molecular weight excluding hydrogens is 374 g/mol. The third kappa shape index (κ3) is 5.24. The smallest absolute Gasteiger partial charge is 0.320 e. The first-order valence-corrected chi connectivity index (χ1v) is 7.95. The van der Waals surface area contributed by atoms with E-state index in [2.05, 4.69) is 44.1 Å². The van der Waals surface area contributed by atoms with Gasteiger partial charge in [0.2, 0.25) is 0 Å². The van der Waals surface area contributed by atoms with Crippen LogP contribution in [-0.2, 0) is 11.3 Å². The topological polar surface area (TPSA) is 49.3 Å². The van der Waals surface area contributed by atoms with E-state index in [4.69, 9.17) is 5.11 Å². The maximum atomic E-state index is 11.1. The second-order valence-electron chi connectivity index (χ2n) is 4.60. The molecule has 106 valence electrons. The molecule has 1 unspecified atom stereocenters. The number of rotatable bonds is 7. The van der Waals surface area contributed by atoms with Crippen LogP contribution in [0.1, 0.15) is 37.3 Å². The number of benzene rings is 1. The summed E-state index contributed by atoms with van der Waals surface area (Å²) in [5.41, 5.74) is 2.21. The van der Waals surface area contributed by atoms with E-state index in [1.807, 2.05) is 19.1 Å². The third-order valence-corrected chi connectivity index (χ3v) is 4.69. The van der Waals surface area contributed by atoms with Crippen molar-refractivity contribution in [3.8, 4) is 0 Å². The predicted octanol–water partition coefficient (Wildman–Crippen LogP) is 4.25. The summed E-state index contributed by atoms with van der Waals surface area (Å²) in [4.78, 5) is 11.1. The van der Waals surface area contributed by atoms with Crippen LogP contribution in [0.3, 0.4) is 0 Å². The Morgan fingerprint density at radius 1 is 1.37 bits per heavy atom. The number of carbonyl (C=O) groups is 1. The van der Waals surface area contributed by atoms with Crippen LogP contribution in [-0.4, -0.2) is 17.1 Å². The van der Waals surface area contributed by atoms with E-state index in [9.17, 15) is 4.79 Å². The molecule has 0 aliphatic carbocycles. The molecule has 1 atom stereocenters. The number of halogens is 2. The van der Waals surface area contributed by atoms with Gasteiger partial charge in [-0.3, -0.25) is 4.79 Å². The van der Waals surface area contributed by atoms with Crippen LogP contribution in [0.15, 0.2) is 21.1 Å². The Labute approximate surface area is 131 Å². The number of carboxylic acid groups (broad SMARTS) is 1. The minimum Gasteiger partial charge on any atom is -0.480 e. The quantitative estimate of drug-likeness (QED) is 0.728. The van der Waals surface area contributed by atoms with Crippen LogP contribution in [0, 0.1) is 6.92 Å². The number of aliphatic carboxylic acids is 1. The van der Waals surface area contributed by atoms with Crippen molar-refractivity contribution in [1.82, 2.24) is 5.32 Å². The molecule has 1 aromatic rings. The highest BCUT2D eigenvalue weighted by Gasteiger charge is 2.16. The molecule has 0 radical (unpaired) electrons. The Kier molecular flexibility index (Phi) is 7.04. The van der Waals surface area contributed by atoms with Gasteiger partial charge < -0.3 is 10.4 Å². The number of hydrogen-bond donors (Lipinski definition) is 2. The lowest BCUT2D eigenvalue weighted by atomic mass is 10.1. The van der Waals surface area contributed by atoms with Crippen LogP contribution in [0.2, 0.25) is 0 Å². The Morgan fingerprint density at radius 3 is 2.42 bits per heavy atom. The number of unbranched alkanes of at least 4 members (excludes halogenated alkanes) is 1. The summed E-state index contributed by atoms with van der Waals surface area (Å²) in [5, 5.41) is 12.3. The summed E-state index contributed by atoms with van der Waals surface area (Å²) in [6, 6.07) is 3.57. The number of hydrogen-bond acceptors (Lipinski definition) is 2. The first kappa shape index (κ1) is 16.7. The van der Waals surface area contributed by atoms with E-state index in [1.165, 1.54) is 0 Å². The van der Waals surface area contributed by atoms with Crippen LogP contribution in [0.4, 0.5) is 0 Å². The maximum Gasteiger partial charge on any atom is 0.320 e. The summed E-state index contributed by atoms with van der Waals surface area (Å²) >= 11 is 7.00. The van der Waals surface area contributed by atoms with E-state index in [-0.39, 0.29) is 0 Å². The molecule has 2 N–H and O–H groups in total. The highest BCUT2D eigenvalue weighted by atomic mass is 79.9. The van der Waals surface area contributed by atoms with Crippen molar-refractivity contribution in [2.75, 3.05) is 0 Å². The molecule has 0 heterocycles. The zero-order valence-electron chi connectivity index (χ0n) is 11.2. The Balaban J connectivity index is 2.66. The minimum atomic E-state index is -0.779. The third-order valence-electron chi connectivity index (χ3n) is 3.04. The van der Waals surface area contributed by atoms with Crippen LogP contribution in [0.25, 0.3) is 0 Å². The summed E-state index contributed by atoms with van der Waals surface area (Å²) in [5.74, 6) is -0.779. The molecule has 5 heteroatoms. The molecule has 0 amide bonds. The monoisotopic (exact) mass is 391 g/mol. The molecule has 0 aromatic heterocycles. The van der Waals surface area contributed by atoms with E-state index in [0.717, 1.165) is 32.9 Å². The minimum absolute atomic E-state index is 0.473. The van der Waals surface area contributed by atoms with E-state index >= 15 is 0 Å². The second-order valence-corrected chi connectivity index (χ2v) is 6.31. The number of nitrogens with one attached hydrogen (secondary N) is 1. The molecule has 0 aliphatic heterocycles. The van der Waals surface area contributed by atoms with Gasteiger partial charge in [0, 0.05) is 15.5 Å². The van der Waals surface area contributed by atoms with Crippen LogP contribution < -0.4 is 5.32 Å². The SMILES string of the molecule is CCCCC(NCc1cc(Br)c(C)c(Br)c1)C(=O)O. The fraction of sp³-hybridized carbons (Fsp3) is 0.500. The van der Waals surface area contributed by atoms with Gasteiger partial charge in [-0.25, -0.2) is 0 Å². The van der Waals surface area contributed by atoms with Crippen LogP contribution >= 0.6 is 31.9 Å². The Hall–Kier alpha value is -0.390. The van der Waals surface area contributed by atoms with Gasteiger partial charge in [-0.15, -0.1) is 0 Å². The van der Waals surface area contributed by atoms with Crippen molar-refractivity contribution >= 4 is 37.8 Å². The van der Waals surface area contributed by atoms with E-state index < -0.39 is 12.0 Å². The van der Waals surface area contributed by atoms with E-state index in [1.54, 1.807) is 0 Å². The first-order valence-electron chi connectivity index (χ1n) is 6.36. The van der Waals surface area contributed by atoms with Gasteiger partial charge in [-0.05, 0) is 36.6 Å². The zero-order valence-corrected chi connectivity index (χ0v) is 14.3. The van der Waals surface area contributed by atoms with Crippen molar-refractivity contribution in [2.45, 2.75) is 45.7 Å². The van der Waals surface area contributed by atoms with Crippen molar-refractivity contribution in [3.63, 3.8) is 0 Å². The highest BCUT2D eigenvalue weighted by molar-refractivity contribution is 9.11. The molecule has 1 rings (SSSR count). The van der Waals surface area contributed by atoms with Gasteiger partial charge in [0.15, 0.2) is 0 Å². The summed E-state index contributed by atoms with van der Waals surface area (Å²) in [6.07, 6.45) is 2.60. The van der Waals surface area contributed by atoms with Crippen molar-refractivity contribution in [3.05, 3.63) is 32.2 Å². The lowest BCUT2D eigenvalue weighted by Crippen LogP contribution is -2.36. The highest BCUT2D eigenvalue weighted by Crippen LogP contribution is 2.26. The Morgan fingerprint density at radius 2 is 1.95 bits per heavy atom. The van der Waals surface area contributed by atoms with Gasteiger partial charge in [0.1, 0.15) is 6.04 Å². The average Bonchev–Trinajstić information content (AvgIpc) is 2.35. The molecular formula is C14H19Br2NO2. The fourth-order valence-corrected chi connectivity index (χ4v) is 3.04. The number of carboxylic acids is 1. The molecule has 0 saturated heterocycles. The summed E-state index contributed by atoms with van der Waals surface area (Å²) < 4.78 is 2.05. The van der Waals surface area contributed by atoms with Gasteiger partial charge in [-0.1, -0.05) is 51.6 Å². The lowest BCUT2D eigenvalue weighted by Gasteiger charge is -2.15. The molecule has 0 bridgehead atoms. The lowest BCUT2D eigenvalue weighted by molar-refractivity contribution is -0.139. The normalized spacial score (nSPS) is 12.4. The Bertz CT molecular complexity index is 426. The summed E-state index contributed by atoms with van der Waals surface area (Å²) in [7, 11) is 0. The van der Waals surface area contributed by atoms with Gasteiger partial charge >= 0.3 is 5.97 Å². The maximum absolute atomic E-state index is 11.1. The van der Waals surface area contributed by atoms with Crippen LogP contribution in [0.5, 0.6) is 0 Å². The van der Waals surface area contributed by atoms with Crippen molar-refractivity contribution in [2.24, 2.45) is 0 Å².